The van der Waals surface area contributed by atoms with E-state index in [4.69, 9.17) is 9.15 Å². The number of nitrogens with zero attached hydrogens (tertiary/aromatic N) is 3. The van der Waals surface area contributed by atoms with Crippen LogP contribution in [0.3, 0.4) is 0 Å². The highest BCUT2D eigenvalue weighted by atomic mass is 16.5. The van der Waals surface area contributed by atoms with Gasteiger partial charge in [0.1, 0.15) is 11.1 Å². The molecule has 6 nitrogen and oxygen atoms in total. The third-order valence-corrected chi connectivity index (χ3v) is 4.70. The molecule has 2 aromatic carbocycles. The summed E-state index contributed by atoms with van der Waals surface area (Å²) in [4.78, 5) is 17.0. The zero-order chi connectivity index (χ0) is 19.7. The quantitative estimate of drug-likeness (QED) is 0.485. The third-order valence-electron chi connectivity index (χ3n) is 4.70. The van der Waals surface area contributed by atoms with Gasteiger partial charge in [-0.05, 0) is 38.5 Å². The molecule has 28 heavy (non-hydrogen) atoms. The van der Waals surface area contributed by atoms with Gasteiger partial charge >= 0.3 is 5.97 Å². The fraction of sp³-hybridized carbons (Fsp3) is 0.227. The Bertz CT molecular complexity index is 1110. The number of hydrogen-bond acceptors (Lipinski definition) is 5. The van der Waals surface area contributed by atoms with E-state index in [0.717, 1.165) is 16.8 Å². The number of para-hydroxylation sites is 2. The van der Waals surface area contributed by atoms with Crippen molar-refractivity contribution in [3.05, 3.63) is 82.5 Å². The van der Waals surface area contributed by atoms with Gasteiger partial charge in [0.25, 0.3) is 0 Å². The van der Waals surface area contributed by atoms with Crippen LogP contribution in [0.1, 0.15) is 38.8 Å². The predicted molar refractivity (Wildman–Crippen MR) is 105 cm³/mol. The van der Waals surface area contributed by atoms with Crippen molar-refractivity contribution in [1.29, 1.82) is 0 Å². The van der Waals surface area contributed by atoms with Gasteiger partial charge < -0.3 is 9.15 Å². The number of rotatable bonds is 5. The third kappa shape index (κ3) is 3.53. The maximum Gasteiger partial charge on any atom is 0.342 e. The Hall–Kier alpha value is -3.41. The molecule has 0 N–H and O–H groups in total. The number of aryl methyl sites for hydroxylation is 2. The van der Waals surface area contributed by atoms with Crippen LogP contribution in [0.15, 0.2) is 52.9 Å². The molecule has 0 aliphatic carbocycles. The van der Waals surface area contributed by atoms with E-state index in [1.807, 2.05) is 42.8 Å². The second-order valence-electron chi connectivity index (χ2n) is 6.84. The fourth-order valence-corrected chi connectivity index (χ4v) is 3.19. The van der Waals surface area contributed by atoms with Gasteiger partial charge in [0.15, 0.2) is 12.2 Å². The van der Waals surface area contributed by atoms with Crippen LogP contribution < -0.4 is 0 Å². The Labute approximate surface area is 162 Å². The van der Waals surface area contributed by atoms with Gasteiger partial charge in [0, 0.05) is 0 Å². The lowest BCUT2D eigenvalue weighted by Gasteiger charge is -2.06. The molecule has 0 saturated heterocycles. The van der Waals surface area contributed by atoms with E-state index in [0.29, 0.717) is 29.3 Å². The Morgan fingerprint density at radius 2 is 1.82 bits per heavy atom. The van der Waals surface area contributed by atoms with Gasteiger partial charge in [0.05, 0.1) is 17.9 Å². The van der Waals surface area contributed by atoms with Crippen LogP contribution in [-0.4, -0.2) is 20.7 Å². The highest BCUT2D eigenvalue weighted by molar-refractivity contribution is 5.91. The molecule has 0 unspecified atom stereocenters. The number of fused-ring (bicyclic) bond motifs is 1. The number of esters is 1. The summed E-state index contributed by atoms with van der Waals surface area (Å²) < 4.78 is 12.9. The highest BCUT2D eigenvalue weighted by Gasteiger charge is 2.21. The molecular formula is C22H21N3O3. The first-order valence-corrected chi connectivity index (χ1v) is 9.12. The average molecular weight is 375 g/mol. The van der Waals surface area contributed by atoms with Gasteiger partial charge in [-0.15, -0.1) is 0 Å². The summed E-state index contributed by atoms with van der Waals surface area (Å²) in [6, 6.07) is 15.7. The van der Waals surface area contributed by atoms with Gasteiger partial charge in [-0.2, -0.15) is 5.10 Å². The van der Waals surface area contributed by atoms with Crippen molar-refractivity contribution in [2.24, 2.45) is 0 Å². The van der Waals surface area contributed by atoms with Crippen LogP contribution >= 0.6 is 0 Å². The fourth-order valence-electron chi connectivity index (χ4n) is 3.19. The van der Waals surface area contributed by atoms with E-state index in [1.165, 1.54) is 5.56 Å². The summed E-state index contributed by atoms with van der Waals surface area (Å²) in [7, 11) is 0. The molecule has 2 aromatic heterocycles. The second-order valence-corrected chi connectivity index (χ2v) is 6.84. The van der Waals surface area contributed by atoms with Crippen molar-refractivity contribution in [1.82, 2.24) is 14.8 Å². The molecule has 0 bridgehead atoms. The first-order chi connectivity index (χ1) is 13.5. The zero-order valence-electron chi connectivity index (χ0n) is 16.1. The van der Waals surface area contributed by atoms with Crippen molar-refractivity contribution in [3.63, 3.8) is 0 Å². The molecule has 0 atom stereocenters. The summed E-state index contributed by atoms with van der Waals surface area (Å²) in [5.74, 6) is -0.0516. The minimum Gasteiger partial charge on any atom is -0.452 e. The molecule has 0 radical (unpaired) electrons. The number of ether oxygens (including phenoxy) is 1. The van der Waals surface area contributed by atoms with Crippen molar-refractivity contribution in [3.8, 4) is 0 Å². The molecular weight excluding hydrogens is 354 g/mol. The number of carbonyl (C=O) groups is 1. The van der Waals surface area contributed by atoms with Crippen LogP contribution in [0.5, 0.6) is 0 Å². The Morgan fingerprint density at radius 3 is 2.57 bits per heavy atom. The lowest BCUT2D eigenvalue weighted by Crippen LogP contribution is -2.09. The van der Waals surface area contributed by atoms with E-state index in [9.17, 15) is 4.79 Å². The van der Waals surface area contributed by atoms with E-state index in [1.54, 1.807) is 0 Å². The van der Waals surface area contributed by atoms with E-state index in [-0.39, 0.29) is 6.61 Å². The first-order valence-electron chi connectivity index (χ1n) is 9.12. The van der Waals surface area contributed by atoms with Gasteiger partial charge in [-0.1, -0.05) is 42.0 Å². The van der Waals surface area contributed by atoms with Crippen LogP contribution in [0.25, 0.3) is 11.1 Å². The number of benzene rings is 2. The normalized spacial score (nSPS) is 11.1. The average Bonchev–Trinajstić information content (AvgIpc) is 3.22. The lowest BCUT2D eigenvalue weighted by atomic mass is 10.1. The molecule has 0 amide bonds. The second kappa shape index (κ2) is 7.31. The number of carbonyl (C=O) groups excluding carboxylic acids is 1. The zero-order valence-corrected chi connectivity index (χ0v) is 16.1. The minimum absolute atomic E-state index is 0.0183. The van der Waals surface area contributed by atoms with E-state index in [2.05, 4.69) is 41.3 Å². The van der Waals surface area contributed by atoms with Gasteiger partial charge in [0.2, 0.25) is 5.89 Å². The molecule has 0 aliphatic heterocycles. The predicted octanol–water partition coefficient (Wildman–Crippen LogP) is 4.35. The Kier molecular flexibility index (Phi) is 4.69. The van der Waals surface area contributed by atoms with Crippen LogP contribution in [0.2, 0.25) is 0 Å². The lowest BCUT2D eigenvalue weighted by molar-refractivity contribution is 0.0438. The summed E-state index contributed by atoms with van der Waals surface area (Å²) in [6.45, 7) is 6.33. The van der Waals surface area contributed by atoms with Crippen molar-refractivity contribution in [2.45, 2.75) is 33.9 Å². The molecule has 4 aromatic rings. The van der Waals surface area contributed by atoms with Crippen molar-refractivity contribution in [2.75, 3.05) is 0 Å². The summed E-state index contributed by atoms with van der Waals surface area (Å²) >= 11 is 0. The molecule has 0 spiro atoms. The standard InChI is InChI=1S/C22H21N3O3/c1-14-8-10-17(11-9-14)12-25-16(3)21(15(2)24-25)22(26)27-13-20-23-18-6-4-5-7-19(18)28-20/h4-11H,12-13H2,1-3H3. The SMILES string of the molecule is Cc1ccc(Cn2nc(C)c(C(=O)OCc3nc4ccccc4o3)c2C)cc1. The number of hydrogen-bond donors (Lipinski definition) is 0. The molecule has 0 fully saturated rings. The van der Waals surface area contributed by atoms with Gasteiger partial charge in [-0.25, -0.2) is 9.78 Å². The highest BCUT2D eigenvalue weighted by Crippen LogP contribution is 2.19. The molecule has 2 heterocycles. The number of aromatic nitrogens is 3. The largest absolute Gasteiger partial charge is 0.452 e. The van der Waals surface area contributed by atoms with Crippen LogP contribution in [-0.2, 0) is 17.9 Å². The van der Waals surface area contributed by atoms with Gasteiger partial charge in [-0.3, -0.25) is 4.68 Å². The molecule has 4 rings (SSSR count). The van der Waals surface area contributed by atoms with E-state index >= 15 is 0 Å². The van der Waals surface area contributed by atoms with Crippen molar-refractivity contribution >= 4 is 17.1 Å². The van der Waals surface area contributed by atoms with Crippen LogP contribution in [0.4, 0.5) is 0 Å². The molecule has 6 heteroatoms. The Morgan fingerprint density at radius 1 is 1.07 bits per heavy atom. The monoisotopic (exact) mass is 375 g/mol. The number of oxazole rings is 1. The molecule has 142 valence electrons. The molecule has 0 aliphatic rings. The van der Waals surface area contributed by atoms with Crippen LogP contribution in [0, 0.1) is 20.8 Å². The minimum atomic E-state index is -0.424. The topological polar surface area (TPSA) is 70.2 Å². The smallest absolute Gasteiger partial charge is 0.342 e. The Balaban J connectivity index is 1.49. The molecule has 0 saturated carbocycles. The maximum absolute atomic E-state index is 12.6. The summed E-state index contributed by atoms with van der Waals surface area (Å²) in [6.07, 6.45) is 0. The maximum atomic E-state index is 12.6. The summed E-state index contributed by atoms with van der Waals surface area (Å²) in [5.41, 5.74) is 5.66. The first kappa shape index (κ1) is 18.0. The summed E-state index contributed by atoms with van der Waals surface area (Å²) in [5, 5.41) is 4.52. The van der Waals surface area contributed by atoms with Crippen molar-refractivity contribution < 1.29 is 13.9 Å². The van der Waals surface area contributed by atoms with E-state index < -0.39 is 5.97 Å².